The molecule has 2 aliphatic carbocycles. The normalized spacial score (nSPS) is 26.3. The molecule has 0 saturated heterocycles. The predicted octanol–water partition coefficient (Wildman–Crippen LogP) is 4.83. The topological polar surface area (TPSA) is 51.7 Å². The number of halogens is 1. The van der Waals surface area contributed by atoms with E-state index in [-0.39, 0.29) is 12.0 Å². The first kappa shape index (κ1) is 18.5. The van der Waals surface area contributed by atoms with Gasteiger partial charge in [0.2, 0.25) is 0 Å². The second kappa shape index (κ2) is 7.06. The van der Waals surface area contributed by atoms with Crippen molar-refractivity contribution in [2.24, 2.45) is 11.8 Å². The van der Waals surface area contributed by atoms with Crippen molar-refractivity contribution >= 4 is 34.8 Å². The van der Waals surface area contributed by atoms with E-state index >= 15 is 0 Å². The molecule has 0 spiro atoms. The number of fused-ring (bicyclic) bond motifs is 3. The number of nitrogens with zero attached hydrogens (tertiary/aromatic N) is 2. The number of carbonyl (C=O) groups is 1. The largest absolute Gasteiger partial charge is 0.493 e. The molecule has 0 unspecified atom stereocenters. The molecule has 6 heteroatoms. The number of pyridine rings is 1. The minimum absolute atomic E-state index is 0.0962. The number of benzene rings is 1. The van der Waals surface area contributed by atoms with Gasteiger partial charge in [-0.25, -0.2) is 4.98 Å². The molecule has 2 fully saturated rings. The third kappa shape index (κ3) is 3.18. The highest BCUT2D eigenvalue weighted by atomic mass is 35.5. The Balaban J connectivity index is 1.49. The summed E-state index contributed by atoms with van der Waals surface area (Å²) in [5.74, 6) is 2.81. The molecule has 0 N–H and O–H groups in total. The summed E-state index contributed by atoms with van der Waals surface area (Å²) >= 11 is 6.07. The van der Waals surface area contributed by atoms with E-state index in [2.05, 4.69) is 4.98 Å². The quantitative estimate of drug-likeness (QED) is 0.535. The molecule has 5 rings (SSSR count). The Morgan fingerprint density at radius 2 is 2.03 bits per heavy atom. The first-order chi connectivity index (χ1) is 14.0. The van der Waals surface area contributed by atoms with Crippen LogP contribution in [0.1, 0.15) is 36.9 Å². The first-order valence-corrected chi connectivity index (χ1v) is 10.4. The van der Waals surface area contributed by atoms with Crippen molar-refractivity contribution in [3.05, 3.63) is 46.7 Å². The fourth-order valence-electron chi connectivity index (χ4n) is 4.95. The number of hydrogen-bond donors (Lipinski definition) is 0. The Morgan fingerprint density at radius 3 is 2.76 bits per heavy atom. The third-order valence-electron chi connectivity index (χ3n) is 6.44. The van der Waals surface area contributed by atoms with Crippen LogP contribution in [-0.2, 0) is 4.79 Å². The average molecular weight is 411 g/mol. The summed E-state index contributed by atoms with van der Waals surface area (Å²) in [5.41, 5.74) is 2.77. The minimum Gasteiger partial charge on any atom is -0.493 e. The van der Waals surface area contributed by atoms with Crippen molar-refractivity contribution in [3.63, 3.8) is 0 Å². The lowest BCUT2D eigenvalue weighted by molar-refractivity contribution is -0.112. The van der Waals surface area contributed by atoms with Crippen LogP contribution in [-0.4, -0.2) is 31.2 Å². The first-order valence-electron chi connectivity index (χ1n) is 10.0. The zero-order chi connectivity index (χ0) is 20.1. The van der Waals surface area contributed by atoms with Crippen LogP contribution in [0.2, 0.25) is 5.15 Å². The second-order valence-corrected chi connectivity index (χ2v) is 8.55. The van der Waals surface area contributed by atoms with E-state index in [1.54, 1.807) is 25.1 Å². The van der Waals surface area contributed by atoms with E-state index in [9.17, 15) is 4.79 Å². The van der Waals surface area contributed by atoms with Gasteiger partial charge >= 0.3 is 0 Å². The SMILES string of the molecule is COc1ccc(/C=C2\C(=O)N(C)c3ccc(Cl)nc32)cc1O[C@H]1C[C@@H]2CC[C@H]1C2. The van der Waals surface area contributed by atoms with Gasteiger partial charge in [-0.3, -0.25) is 4.79 Å². The summed E-state index contributed by atoms with van der Waals surface area (Å²) in [4.78, 5) is 18.7. The lowest BCUT2D eigenvalue weighted by Crippen LogP contribution is -2.23. The fraction of sp³-hybridized carbons (Fsp3) is 0.391. The van der Waals surface area contributed by atoms with Crippen LogP contribution in [0, 0.1) is 11.8 Å². The van der Waals surface area contributed by atoms with Gasteiger partial charge in [-0.1, -0.05) is 17.7 Å². The molecule has 0 radical (unpaired) electrons. The van der Waals surface area contributed by atoms with Gasteiger partial charge in [-0.05, 0) is 73.4 Å². The highest BCUT2D eigenvalue weighted by Gasteiger charge is 2.41. The van der Waals surface area contributed by atoms with Gasteiger partial charge in [0, 0.05) is 7.05 Å². The van der Waals surface area contributed by atoms with Crippen molar-refractivity contribution in [1.29, 1.82) is 0 Å². The minimum atomic E-state index is -0.0962. The molecule has 1 aliphatic heterocycles. The van der Waals surface area contributed by atoms with Crippen molar-refractivity contribution in [3.8, 4) is 11.5 Å². The van der Waals surface area contributed by atoms with E-state index in [1.807, 2.05) is 30.3 Å². The Hall–Kier alpha value is -2.53. The summed E-state index contributed by atoms with van der Waals surface area (Å²) in [6, 6.07) is 9.29. The van der Waals surface area contributed by atoms with Crippen molar-refractivity contribution < 1.29 is 14.3 Å². The number of ether oxygens (including phenoxy) is 2. The monoisotopic (exact) mass is 410 g/mol. The molecule has 3 atom stereocenters. The van der Waals surface area contributed by atoms with Crippen molar-refractivity contribution in [2.45, 2.75) is 31.8 Å². The molecule has 2 saturated carbocycles. The highest BCUT2D eigenvalue weighted by Crippen LogP contribution is 2.47. The molecule has 1 aromatic heterocycles. The second-order valence-electron chi connectivity index (χ2n) is 8.17. The molecule has 5 nitrogen and oxygen atoms in total. The van der Waals surface area contributed by atoms with Crippen LogP contribution < -0.4 is 14.4 Å². The maximum Gasteiger partial charge on any atom is 0.260 e. The Labute approximate surface area is 175 Å². The van der Waals surface area contributed by atoms with Gasteiger partial charge in [0.15, 0.2) is 11.5 Å². The fourth-order valence-corrected chi connectivity index (χ4v) is 5.10. The number of rotatable bonds is 4. The summed E-state index contributed by atoms with van der Waals surface area (Å²) in [6.45, 7) is 0. The predicted molar refractivity (Wildman–Crippen MR) is 113 cm³/mol. The van der Waals surface area contributed by atoms with Crippen LogP contribution in [0.15, 0.2) is 30.3 Å². The average Bonchev–Trinajstić information content (AvgIpc) is 3.39. The summed E-state index contributed by atoms with van der Waals surface area (Å²) in [7, 11) is 3.40. The Kier molecular flexibility index (Phi) is 4.50. The number of aromatic nitrogens is 1. The number of amides is 1. The van der Waals surface area contributed by atoms with E-state index in [0.29, 0.717) is 28.1 Å². The van der Waals surface area contributed by atoms with Gasteiger partial charge in [0.25, 0.3) is 5.91 Å². The summed E-state index contributed by atoms with van der Waals surface area (Å²) < 4.78 is 11.9. The zero-order valence-electron chi connectivity index (χ0n) is 16.5. The van der Waals surface area contributed by atoms with Crippen LogP contribution in [0.3, 0.4) is 0 Å². The smallest absolute Gasteiger partial charge is 0.260 e. The molecule has 3 aliphatic rings. The molecular weight excluding hydrogens is 388 g/mol. The number of likely N-dealkylation sites (N-methyl/N-ethyl adjacent to an activating group) is 1. The molecular formula is C23H23ClN2O3. The number of methoxy groups -OCH3 is 1. The van der Waals surface area contributed by atoms with E-state index in [0.717, 1.165) is 29.3 Å². The van der Waals surface area contributed by atoms with E-state index in [4.69, 9.17) is 21.1 Å². The molecule has 29 heavy (non-hydrogen) atoms. The Morgan fingerprint density at radius 1 is 1.17 bits per heavy atom. The number of anilines is 1. The highest BCUT2D eigenvalue weighted by molar-refractivity contribution is 6.36. The third-order valence-corrected chi connectivity index (χ3v) is 6.65. The van der Waals surface area contributed by atoms with Crippen molar-refractivity contribution in [2.75, 3.05) is 19.1 Å². The van der Waals surface area contributed by atoms with Crippen LogP contribution in [0.25, 0.3) is 11.6 Å². The lowest BCUT2D eigenvalue weighted by atomic mass is 9.97. The van der Waals surface area contributed by atoms with Crippen molar-refractivity contribution in [1.82, 2.24) is 4.98 Å². The zero-order valence-corrected chi connectivity index (χ0v) is 17.3. The van der Waals surface area contributed by atoms with Gasteiger partial charge < -0.3 is 14.4 Å². The maximum absolute atomic E-state index is 12.8. The van der Waals surface area contributed by atoms with Gasteiger partial charge in [0.05, 0.1) is 18.4 Å². The van der Waals surface area contributed by atoms with E-state index in [1.165, 1.54) is 19.3 Å². The lowest BCUT2D eigenvalue weighted by Gasteiger charge is -2.24. The molecule has 1 amide bonds. The maximum atomic E-state index is 12.8. The molecule has 150 valence electrons. The standard InChI is InChI=1S/C23H23ClN2O3/c1-26-17-6-8-21(24)25-22(17)16(23(26)27)10-14-4-7-18(28-2)20(12-14)29-19-11-13-3-5-15(19)9-13/h4,6-8,10,12-13,15,19H,3,5,9,11H2,1-2H3/b16-10-/t13-,15+,19+/m1/s1. The molecule has 2 bridgehead atoms. The Bertz CT molecular complexity index is 1020. The molecule has 2 heterocycles. The van der Waals surface area contributed by atoms with Gasteiger partial charge in [-0.15, -0.1) is 0 Å². The van der Waals surface area contributed by atoms with Crippen LogP contribution in [0.5, 0.6) is 11.5 Å². The van der Waals surface area contributed by atoms with Crippen LogP contribution in [0.4, 0.5) is 5.69 Å². The number of carbonyl (C=O) groups excluding carboxylic acids is 1. The summed E-state index contributed by atoms with van der Waals surface area (Å²) in [6.07, 6.45) is 7.09. The molecule has 2 aromatic rings. The molecule has 1 aromatic carbocycles. The summed E-state index contributed by atoms with van der Waals surface area (Å²) in [5, 5.41) is 0.368. The number of hydrogen-bond acceptors (Lipinski definition) is 4. The van der Waals surface area contributed by atoms with E-state index < -0.39 is 0 Å². The van der Waals surface area contributed by atoms with Crippen LogP contribution >= 0.6 is 11.6 Å². The van der Waals surface area contributed by atoms with Gasteiger partial charge in [-0.2, -0.15) is 0 Å². The van der Waals surface area contributed by atoms with Gasteiger partial charge in [0.1, 0.15) is 17.0 Å².